The summed E-state index contributed by atoms with van der Waals surface area (Å²) in [5, 5.41) is 4.15. The fraction of sp³-hybridized carbons (Fsp3) is 0.429. The summed E-state index contributed by atoms with van der Waals surface area (Å²) in [4.78, 5) is 0. The third kappa shape index (κ3) is 2.20. The second kappa shape index (κ2) is 4.88. The SMILES string of the molecule is CCCNCc1oc2c(F)c(C)ccc2c1C. The van der Waals surface area contributed by atoms with E-state index in [2.05, 4.69) is 12.2 Å². The lowest BCUT2D eigenvalue weighted by molar-refractivity contribution is 0.491. The average Bonchev–Trinajstić information content (AvgIpc) is 2.63. The van der Waals surface area contributed by atoms with Crippen molar-refractivity contribution in [3.63, 3.8) is 0 Å². The summed E-state index contributed by atoms with van der Waals surface area (Å²) < 4.78 is 19.5. The number of hydrogen-bond acceptors (Lipinski definition) is 2. The first-order chi connectivity index (χ1) is 8.15. The van der Waals surface area contributed by atoms with Gasteiger partial charge in [0, 0.05) is 5.39 Å². The summed E-state index contributed by atoms with van der Waals surface area (Å²) in [6.07, 6.45) is 1.08. The van der Waals surface area contributed by atoms with Crippen LogP contribution in [0.1, 0.15) is 30.2 Å². The molecule has 1 heterocycles. The van der Waals surface area contributed by atoms with E-state index < -0.39 is 0 Å². The van der Waals surface area contributed by atoms with E-state index in [1.807, 2.05) is 13.0 Å². The molecule has 0 amide bonds. The van der Waals surface area contributed by atoms with Gasteiger partial charge in [-0.2, -0.15) is 0 Å². The lowest BCUT2D eigenvalue weighted by atomic mass is 10.1. The van der Waals surface area contributed by atoms with Crippen molar-refractivity contribution >= 4 is 11.0 Å². The summed E-state index contributed by atoms with van der Waals surface area (Å²) in [6.45, 7) is 7.44. The van der Waals surface area contributed by atoms with Gasteiger partial charge in [-0.3, -0.25) is 0 Å². The molecule has 0 atom stereocenters. The molecule has 1 aromatic carbocycles. The maximum absolute atomic E-state index is 13.9. The molecule has 0 saturated heterocycles. The number of fused-ring (bicyclic) bond motifs is 1. The van der Waals surface area contributed by atoms with Gasteiger partial charge in [0.05, 0.1) is 6.54 Å². The molecule has 92 valence electrons. The van der Waals surface area contributed by atoms with Crippen LogP contribution in [-0.4, -0.2) is 6.54 Å². The Bertz CT molecular complexity index is 530. The van der Waals surface area contributed by atoms with Gasteiger partial charge in [-0.25, -0.2) is 4.39 Å². The fourth-order valence-corrected chi connectivity index (χ4v) is 1.95. The van der Waals surface area contributed by atoms with E-state index in [0.717, 1.165) is 29.7 Å². The topological polar surface area (TPSA) is 25.2 Å². The molecule has 2 nitrogen and oxygen atoms in total. The van der Waals surface area contributed by atoms with Crippen molar-refractivity contribution in [1.29, 1.82) is 0 Å². The Hall–Kier alpha value is -1.35. The normalized spacial score (nSPS) is 11.3. The van der Waals surface area contributed by atoms with Gasteiger partial charge in [-0.1, -0.05) is 19.1 Å². The first-order valence-electron chi connectivity index (χ1n) is 6.03. The predicted octanol–water partition coefficient (Wildman–Crippen LogP) is 3.69. The summed E-state index contributed by atoms with van der Waals surface area (Å²) in [6, 6.07) is 3.72. The number of rotatable bonds is 4. The van der Waals surface area contributed by atoms with Crippen LogP contribution in [0.15, 0.2) is 16.5 Å². The highest BCUT2D eigenvalue weighted by Crippen LogP contribution is 2.28. The fourth-order valence-electron chi connectivity index (χ4n) is 1.95. The maximum Gasteiger partial charge on any atom is 0.170 e. The molecule has 0 unspecified atom stereocenters. The molecule has 0 bridgehead atoms. The van der Waals surface area contributed by atoms with Crippen molar-refractivity contribution in [3.05, 3.63) is 34.8 Å². The third-order valence-electron chi connectivity index (χ3n) is 3.05. The molecular formula is C14H18FNO. The van der Waals surface area contributed by atoms with Crippen LogP contribution in [0.2, 0.25) is 0 Å². The van der Waals surface area contributed by atoms with Gasteiger partial charge in [0.1, 0.15) is 5.76 Å². The summed E-state index contributed by atoms with van der Waals surface area (Å²) >= 11 is 0. The van der Waals surface area contributed by atoms with E-state index in [-0.39, 0.29) is 5.82 Å². The number of halogens is 1. The molecule has 1 N–H and O–H groups in total. The molecule has 2 aromatic rings. The zero-order valence-electron chi connectivity index (χ0n) is 10.6. The standard InChI is InChI=1S/C14H18FNO/c1-4-7-16-8-12-10(3)11-6-5-9(2)13(15)14(11)17-12/h5-6,16H,4,7-8H2,1-3H3. The Labute approximate surface area is 101 Å². The first-order valence-corrected chi connectivity index (χ1v) is 6.03. The highest BCUT2D eigenvalue weighted by atomic mass is 19.1. The molecular weight excluding hydrogens is 217 g/mol. The number of furan rings is 1. The van der Waals surface area contributed by atoms with Crippen LogP contribution in [0.25, 0.3) is 11.0 Å². The second-order valence-electron chi connectivity index (χ2n) is 4.40. The van der Waals surface area contributed by atoms with Gasteiger partial charge in [-0.05, 0) is 37.9 Å². The summed E-state index contributed by atoms with van der Waals surface area (Å²) in [7, 11) is 0. The number of nitrogens with one attached hydrogen (secondary N) is 1. The van der Waals surface area contributed by atoms with Crippen LogP contribution in [0.4, 0.5) is 4.39 Å². The molecule has 0 radical (unpaired) electrons. The molecule has 1 aromatic heterocycles. The Morgan fingerprint density at radius 2 is 2.06 bits per heavy atom. The van der Waals surface area contributed by atoms with Crippen molar-refractivity contribution in [3.8, 4) is 0 Å². The summed E-state index contributed by atoms with van der Waals surface area (Å²) in [5.74, 6) is 0.588. The smallest absolute Gasteiger partial charge is 0.170 e. The predicted molar refractivity (Wildman–Crippen MR) is 67.6 cm³/mol. The molecule has 0 spiro atoms. The van der Waals surface area contributed by atoms with Crippen molar-refractivity contribution in [2.75, 3.05) is 6.54 Å². The van der Waals surface area contributed by atoms with Crippen molar-refractivity contribution in [2.24, 2.45) is 0 Å². The van der Waals surface area contributed by atoms with Crippen molar-refractivity contribution in [2.45, 2.75) is 33.7 Å². The van der Waals surface area contributed by atoms with Gasteiger partial charge in [0.25, 0.3) is 0 Å². The quantitative estimate of drug-likeness (QED) is 0.818. The average molecular weight is 235 g/mol. The lowest BCUT2D eigenvalue weighted by Crippen LogP contribution is -2.13. The lowest BCUT2D eigenvalue weighted by Gasteiger charge is -2.00. The molecule has 0 aliphatic carbocycles. The Morgan fingerprint density at radius 3 is 2.76 bits per heavy atom. The Kier molecular flexibility index (Phi) is 3.48. The van der Waals surface area contributed by atoms with Gasteiger partial charge in [0.15, 0.2) is 11.4 Å². The van der Waals surface area contributed by atoms with Crippen LogP contribution < -0.4 is 5.32 Å². The minimum atomic E-state index is -0.243. The van der Waals surface area contributed by atoms with Crippen molar-refractivity contribution in [1.82, 2.24) is 5.32 Å². The highest BCUT2D eigenvalue weighted by Gasteiger charge is 2.14. The highest BCUT2D eigenvalue weighted by molar-refractivity contribution is 5.83. The number of hydrogen-bond donors (Lipinski definition) is 1. The Balaban J connectivity index is 2.39. The van der Waals surface area contributed by atoms with E-state index in [4.69, 9.17) is 4.42 Å². The molecule has 2 rings (SSSR count). The maximum atomic E-state index is 13.9. The van der Waals surface area contributed by atoms with Gasteiger partial charge in [0.2, 0.25) is 0 Å². The van der Waals surface area contributed by atoms with Crippen LogP contribution in [0.3, 0.4) is 0 Å². The molecule has 17 heavy (non-hydrogen) atoms. The van der Waals surface area contributed by atoms with Crippen LogP contribution in [-0.2, 0) is 6.54 Å². The number of aryl methyl sites for hydroxylation is 2. The molecule has 0 fully saturated rings. The largest absolute Gasteiger partial charge is 0.456 e. The third-order valence-corrected chi connectivity index (χ3v) is 3.05. The molecule has 0 aliphatic rings. The van der Waals surface area contributed by atoms with Gasteiger partial charge >= 0.3 is 0 Å². The van der Waals surface area contributed by atoms with E-state index in [1.54, 1.807) is 13.0 Å². The van der Waals surface area contributed by atoms with Gasteiger partial charge in [-0.15, -0.1) is 0 Å². The van der Waals surface area contributed by atoms with E-state index in [9.17, 15) is 4.39 Å². The minimum Gasteiger partial charge on any atom is -0.456 e. The van der Waals surface area contributed by atoms with Gasteiger partial charge < -0.3 is 9.73 Å². The molecule has 0 saturated carbocycles. The molecule has 3 heteroatoms. The zero-order chi connectivity index (χ0) is 12.4. The Morgan fingerprint density at radius 1 is 1.29 bits per heavy atom. The van der Waals surface area contributed by atoms with E-state index in [0.29, 0.717) is 17.7 Å². The minimum absolute atomic E-state index is 0.243. The number of benzene rings is 1. The van der Waals surface area contributed by atoms with E-state index >= 15 is 0 Å². The van der Waals surface area contributed by atoms with Crippen molar-refractivity contribution < 1.29 is 8.81 Å². The monoisotopic (exact) mass is 235 g/mol. The first kappa shape index (κ1) is 12.1. The summed E-state index contributed by atoms with van der Waals surface area (Å²) in [5.41, 5.74) is 2.04. The van der Waals surface area contributed by atoms with Crippen LogP contribution in [0.5, 0.6) is 0 Å². The zero-order valence-corrected chi connectivity index (χ0v) is 10.6. The second-order valence-corrected chi connectivity index (χ2v) is 4.40. The molecule has 0 aliphatic heterocycles. The van der Waals surface area contributed by atoms with Crippen LogP contribution in [0, 0.1) is 19.7 Å². The van der Waals surface area contributed by atoms with Crippen LogP contribution >= 0.6 is 0 Å². The van der Waals surface area contributed by atoms with E-state index in [1.165, 1.54) is 0 Å².